The van der Waals surface area contributed by atoms with Gasteiger partial charge in [0.2, 0.25) is 5.91 Å². The van der Waals surface area contributed by atoms with Gasteiger partial charge in [-0.05, 0) is 56.1 Å². The van der Waals surface area contributed by atoms with Crippen LogP contribution in [0.25, 0.3) is 21.7 Å². The fraction of sp³-hybridized carbons (Fsp3) is 0.314. The molecule has 50 heavy (non-hydrogen) atoms. The number of unbranched alkanes of at least 4 members (excludes halogenated alkanes) is 1. The van der Waals surface area contributed by atoms with Crippen LogP contribution in [0.15, 0.2) is 58.9 Å². The maximum absolute atomic E-state index is 12.4. The molecule has 12 nitrogen and oxygen atoms in total. The minimum atomic E-state index is -0.870. The van der Waals surface area contributed by atoms with E-state index >= 15 is 0 Å². The number of amides is 1. The second-order valence-corrected chi connectivity index (χ2v) is 13.2. The Morgan fingerprint density at radius 1 is 1.02 bits per heavy atom. The standard InChI is InChI=1S/C35H37ClN8O4S2/c1-21(42-32(45)29(40)5-3-4-14-37)35(46)48-16-15-47-26-12-8-22(9-13-26)30-27(17-38)31(41-2)44-34(28(30)18-39)50-20-25-19-49-33(43-25)23-6-10-24(36)11-7-23/h6-13,19,21,29H,3-5,14-16,20,37,40H2,1-2H3,(H,41,44)(H,42,45). The number of thioether (sulfide) groups is 1. The maximum Gasteiger partial charge on any atom is 0.328 e. The number of nitrogens with two attached hydrogens (primary N) is 2. The van der Waals surface area contributed by atoms with Crippen LogP contribution in [0.3, 0.4) is 0 Å². The Morgan fingerprint density at radius 3 is 2.38 bits per heavy atom. The number of hydrogen-bond acceptors (Lipinski definition) is 13. The smallest absolute Gasteiger partial charge is 0.328 e. The Bertz CT molecular complexity index is 1860. The molecule has 4 aromatic rings. The molecule has 0 radical (unpaired) electrons. The van der Waals surface area contributed by atoms with E-state index in [1.807, 2.05) is 29.6 Å². The average molecular weight is 733 g/mol. The molecule has 1 amide bonds. The normalized spacial score (nSPS) is 11.9. The predicted octanol–water partition coefficient (Wildman–Crippen LogP) is 5.49. The summed E-state index contributed by atoms with van der Waals surface area (Å²) in [5.74, 6) is 0.273. The molecule has 0 saturated heterocycles. The fourth-order valence-electron chi connectivity index (χ4n) is 4.75. The Hall–Kier alpha value is -4.70. The van der Waals surface area contributed by atoms with Crippen molar-refractivity contribution in [3.8, 4) is 39.6 Å². The molecule has 0 saturated carbocycles. The number of carbonyl (C=O) groups excluding carboxylic acids is 2. The van der Waals surface area contributed by atoms with Gasteiger partial charge in [-0.2, -0.15) is 10.5 Å². The van der Waals surface area contributed by atoms with Crippen molar-refractivity contribution in [1.82, 2.24) is 15.3 Å². The van der Waals surface area contributed by atoms with E-state index in [9.17, 15) is 20.1 Å². The van der Waals surface area contributed by atoms with Crippen molar-refractivity contribution in [2.45, 2.75) is 49.0 Å². The van der Waals surface area contributed by atoms with E-state index in [4.69, 9.17) is 37.5 Å². The number of nitrogens with zero attached hydrogens (tertiary/aromatic N) is 4. The molecule has 15 heteroatoms. The number of nitriles is 2. The zero-order valence-electron chi connectivity index (χ0n) is 27.6. The van der Waals surface area contributed by atoms with E-state index in [0.29, 0.717) is 51.5 Å². The van der Waals surface area contributed by atoms with Crippen LogP contribution in [0, 0.1) is 22.7 Å². The van der Waals surface area contributed by atoms with Crippen molar-refractivity contribution in [2.24, 2.45) is 11.5 Å². The van der Waals surface area contributed by atoms with Crippen molar-refractivity contribution < 1.29 is 19.1 Å². The zero-order chi connectivity index (χ0) is 36.0. The number of benzene rings is 2. The molecule has 0 fully saturated rings. The Labute approximate surface area is 304 Å². The highest BCUT2D eigenvalue weighted by Gasteiger charge is 2.23. The number of aromatic nitrogens is 2. The molecule has 0 spiro atoms. The molecule has 0 bridgehead atoms. The van der Waals surface area contributed by atoms with Gasteiger partial charge in [0.25, 0.3) is 0 Å². The summed E-state index contributed by atoms with van der Waals surface area (Å²) < 4.78 is 11.0. The van der Waals surface area contributed by atoms with Gasteiger partial charge in [0.05, 0.1) is 17.3 Å². The maximum atomic E-state index is 12.4. The number of anilines is 1. The van der Waals surface area contributed by atoms with E-state index in [-0.39, 0.29) is 24.3 Å². The molecule has 260 valence electrons. The van der Waals surface area contributed by atoms with E-state index < -0.39 is 24.0 Å². The van der Waals surface area contributed by atoms with Gasteiger partial charge in [0.15, 0.2) is 0 Å². The number of ether oxygens (including phenoxy) is 2. The monoisotopic (exact) mass is 732 g/mol. The molecule has 0 aliphatic carbocycles. The highest BCUT2D eigenvalue weighted by Crippen LogP contribution is 2.38. The predicted molar refractivity (Wildman–Crippen MR) is 196 cm³/mol. The Morgan fingerprint density at radius 2 is 1.72 bits per heavy atom. The second kappa shape index (κ2) is 18.9. The van der Waals surface area contributed by atoms with Gasteiger partial charge in [0.1, 0.15) is 58.6 Å². The SMILES string of the molecule is CNc1nc(SCc2csc(-c3ccc(Cl)cc3)n2)c(C#N)c(-c2ccc(OCCOC(=O)C(C)NC(=O)C(N)CCCCN)cc2)c1C#N. The molecule has 2 aromatic carbocycles. The molecule has 2 unspecified atom stereocenters. The number of esters is 1. The third-order valence-corrected chi connectivity index (χ3v) is 9.58. The molecule has 6 N–H and O–H groups in total. The zero-order valence-corrected chi connectivity index (χ0v) is 30.0. The fourth-order valence-corrected chi connectivity index (χ4v) is 6.69. The van der Waals surface area contributed by atoms with Gasteiger partial charge < -0.3 is 31.6 Å². The minimum absolute atomic E-state index is 0.0445. The lowest BCUT2D eigenvalue weighted by molar-refractivity contribution is -0.148. The lowest BCUT2D eigenvalue weighted by Gasteiger charge is -2.17. The van der Waals surface area contributed by atoms with Gasteiger partial charge in [-0.15, -0.1) is 11.3 Å². The molecule has 4 rings (SSSR count). The van der Waals surface area contributed by atoms with Gasteiger partial charge in [-0.1, -0.05) is 54.0 Å². The highest BCUT2D eigenvalue weighted by molar-refractivity contribution is 7.98. The topological polar surface area (TPSA) is 202 Å². The molecular formula is C35H37ClN8O4S2. The minimum Gasteiger partial charge on any atom is -0.490 e. The first kappa shape index (κ1) is 38.1. The van der Waals surface area contributed by atoms with E-state index in [1.165, 1.54) is 30.0 Å². The lowest BCUT2D eigenvalue weighted by Crippen LogP contribution is -2.47. The third-order valence-electron chi connectivity index (χ3n) is 7.38. The number of carbonyl (C=O) groups is 2. The largest absolute Gasteiger partial charge is 0.490 e. The number of nitrogens with one attached hydrogen (secondary N) is 2. The van der Waals surface area contributed by atoms with Crippen LogP contribution >= 0.6 is 34.7 Å². The summed E-state index contributed by atoms with van der Waals surface area (Å²) in [7, 11) is 1.67. The van der Waals surface area contributed by atoms with Crippen LogP contribution in [0.5, 0.6) is 5.75 Å². The van der Waals surface area contributed by atoms with Crippen LogP contribution in [-0.4, -0.2) is 60.7 Å². The molecule has 2 aromatic heterocycles. The van der Waals surface area contributed by atoms with Crippen molar-refractivity contribution in [3.63, 3.8) is 0 Å². The van der Waals surface area contributed by atoms with Crippen molar-refractivity contribution in [1.29, 1.82) is 10.5 Å². The highest BCUT2D eigenvalue weighted by atomic mass is 35.5. The summed E-state index contributed by atoms with van der Waals surface area (Å²) in [4.78, 5) is 33.9. The number of thiazole rings is 1. The van der Waals surface area contributed by atoms with Crippen LogP contribution in [-0.2, 0) is 20.1 Å². The summed E-state index contributed by atoms with van der Waals surface area (Å²) in [6.07, 6.45) is 1.97. The summed E-state index contributed by atoms with van der Waals surface area (Å²) in [6, 6.07) is 17.2. The number of hydrogen-bond donors (Lipinski definition) is 4. The van der Waals surface area contributed by atoms with Crippen molar-refractivity contribution in [3.05, 3.63) is 75.8 Å². The Kier molecular flexibility index (Phi) is 14.4. The summed E-state index contributed by atoms with van der Waals surface area (Å²) >= 11 is 8.90. The summed E-state index contributed by atoms with van der Waals surface area (Å²) in [5.41, 5.74) is 14.7. The first-order valence-corrected chi connectivity index (χ1v) is 18.0. The van der Waals surface area contributed by atoms with Gasteiger partial charge >= 0.3 is 5.97 Å². The van der Waals surface area contributed by atoms with Crippen molar-refractivity contribution in [2.75, 3.05) is 32.1 Å². The summed E-state index contributed by atoms with van der Waals surface area (Å²) in [6.45, 7) is 2.07. The van der Waals surface area contributed by atoms with Gasteiger partial charge in [0, 0.05) is 34.3 Å². The quantitative estimate of drug-likeness (QED) is 0.0605. The van der Waals surface area contributed by atoms with E-state index in [1.54, 1.807) is 31.3 Å². The van der Waals surface area contributed by atoms with Crippen LogP contribution in [0.1, 0.15) is 43.0 Å². The third kappa shape index (κ3) is 10.2. The first-order chi connectivity index (χ1) is 24.2. The van der Waals surface area contributed by atoms with Crippen LogP contribution in [0.4, 0.5) is 5.82 Å². The molecule has 0 aliphatic rings. The number of pyridine rings is 1. The first-order valence-electron chi connectivity index (χ1n) is 15.7. The van der Waals surface area contributed by atoms with E-state index in [2.05, 4.69) is 27.8 Å². The van der Waals surface area contributed by atoms with Crippen LogP contribution < -0.4 is 26.8 Å². The van der Waals surface area contributed by atoms with Gasteiger partial charge in [-0.3, -0.25) is 4.79 Å². The van der Waals surface area contributed by atoms with Crippen LogP contribution in [0.2, 0.25) is 5.02 Å². The molecule has 2 heterocycles. The lowest BCUT2D eigenvalue weighted by atomic mass is 9.96. The molecule has 0 aliphatic heterocycles. The number of rotatable bonds is 17. The van der Waals surface area contributed by atoms with E-state index in [0.717, 1.165) is 29.1 Å². The second-order valence-electron chi connectivity index (χ2n) is 11.0. The Balaban J connectivity index is 1.39. The molecular weight excluding hydrogens is 696 g/mol. The number of halogens is 1. The average Bonchev–Trinajstić information content (AvgIpc) is 3.61. The van der Waals surface area contributed by atoms with Crippen molar-refractivity contribution >= 4 is 52.4 Å². The molecule has 2 atom stereocenters. The van der Waals surface area contributed by atoms with Gasteiger partial charge in [-0.25, -0.2) is 14.8 Å². The summed E-state index contributed by atoms with van der Waals surface area (Å²) in [5, 5.41) is 29.8.